The van der Waals surface area contributed by atoms with Gasteiger partial charge >= 0.3 is 0 Å². The number of benzene rings is 1. The Hall–Kier alpha value is -2.54. The number of thiol groups is 1. The molecule has 2 aliphatic rings. The number of carbonyl (C=O) groups excluding carboxylic acids is 1. The Labute approximate surface area is 189 Å². The number of rotatable bonds is 6. The van der Waals surface area contributed by atoms with E-state index in [-0.39, 0.29) is 23.6 Å². The third kappa shape index (κ3) is 4.63. The first-order chi connectivity index (χ1) is 15.2. The Morgan fingerprint density at radius 2 is 2.12 bits per heavy atom. The van der Waals surface area contributed by atoms with Gasteiger partial charge in [0.15, 0.2) is 0 Å². The fourth-order valence-corrected chi connectivity index (χ4v) is 7.19. The molecule has 1 aliphatic heterocycles. The van der Waals surface area contributed by atoms with Crippen molar-refractivity contribution < 1.29 is 13.4 Å². The van der Waals surface area contributed by atoms with Crippen molar-refractivity contribution in [2.45, 2.75) is 62.9 Å². The molecule has 1 aromatic carbocycles. The molecule has 9 heteroatoms. The Morgan fingerprint density at radius 3 is 2.78 bits per heavy atom. The normalized spacial score (nSPS) is 20.8. The maximum atomic E-state index is 14.1. The first-order valence-corrected chi connectivity index (χ1v) is 12.8. The molecule has 1 amide bonds. The van der Waals surface area contributed by atoms with Crippen LogP contribution in [0.3, 0.4) is 0 Å². The molecule has 1 atom stereocenters. The number of carbonyl (C=O) groups is 1. The number of amides is 1. The minimum absolute atomic E-state index is 0.0935. The summed E-state index contributed by atoms with van der Waals surface area (Å²) in [6.07, 6.45) is 6.11. The lowest BCUT2D eigenvalue weighted by Crippen LogP contribution is -2.48. The summed E-state index contributed by atoms with van der Waals surface area (Å²) in [5, 5.41) is 11.8. The molecule has 1 saturated carbocycles. The quantitative estimate of drug-likeness (QED) is 0.499. The van der Waals surface area contributed by atoms with E-state index in [0.29, 0.717) is 28.6 Å². The van der Waals surface area contributed by atoms with Gasteiger partial charge in [-0.05, 0) is 61.8 Å². The number of aryl methyl sites for hydroxylation is 1. The van der Waals surface area contributed by atoms with Gasteiger partial charge in [-0.15, -0.1) is 0 Å². The van der Waals surface area contributed by atoms with Crippen LogP contribution in [0, 0.1) is 23.1 Å². The summed E-state index contributed by atoms with van der Waals surface area (Å²) in [6.45, 7) is 4.30. The van der Waals surface area contributed by atoms with Crippen LogP contribution in [-0.2, 0) is 23.8 Å². The van der Waals surface area contributed by atoms with E-state index in [4.69, 9.17) is 5.26 Å². The lowest BCUT2D eigenvalue weighted by Gasteiger charge is -2.30. The Bertz CT molecular complexity index is 1130. The summed E-state index contributed by atoms with van der Waals surface area (Å²) < 4.78 is 36.3. The highest BCUT2D eigenvalue weighted by atomic mass is 32.3. The molecule has 4 rings (SSSR count). The molecule has 2 heterocycles. The third-order valence-corrected chi connectivity index (χ3v) is 8.49. The summed E-state index contributed by atoms with van der Waals surface area (Å²) in [7, 11) is -1.33. The van der Waals surface area contributed by atoms with Gasteiger partial charge in [0, 0.05) is 41.3 Å². The predicted octanol–water partition coefficient (Wildman–Crippen LogP) is 3.20. The Kier molecular flexibility index (Phi) is 6.21. The maximum absolute atomic E-state index is 14.1. The van der Waals surface area contributed by atoms with Crippen molar-refractivity contribution >= 4 is 21.9 Å². The highest BCUT2D eigenvalue weighted by Crippen LogP contribution is 2.34. The van der Waals surface area contributed by atoms with Crippen LogP contribution >= 0.6 is 0 Å². The summed E-state index contributed by atoms with van der Waals surface area (Å²) >= 11 is 0. The fourth-order valence-electron chi connectivity index (χ4n) is 4.38. The van der Waals surface area contributed by atoms with Crippen molar-refractivity contribution in [2.24, 2.45) is 13.0 Å². The van der Waals surface area contributed by atoms with E-state index in [1.807, 2.05) is 0 Å². The van der Waals surface area contributed by atoms with E-state index in [0.717, 1.165) is 37.3 Å². The van der Waals surface area contributed by atoms with E-state index >= 15 is 0 Å². The summed E-state index contributed by atoms with van der Waals surface area (Å²) in [6, 6.07) is 6.01. The number of nitriles is 1. The zero-order valence-electron chi connectivity index (χ0n) is 18.6. The first kappa shape index (κ1) is 22.6. The molecule has 1 fully saturated rings. The smallest absolute Gasteiger partial charge is 0.272 e. The molecule has 32 heavy (non-hydrogen) atoms. The van der Waals surface area contributed by atoms with E-state index in [2.05, 4.69) is 28.6 Å². The van der Waals surface area contributed by atoms with Gasteiger partial charge in [0.2, 0.25) is 0 Å². The minimum atomic E-state index is -3.09. The van der Waals surface area contributed by atoms with Crippen LogP contribution in [-0.4, -0.2) is 26.8 Å². The fraction of sp³-hybridized carbons (Fsp3) is 0.478. The average molecular weight is 460 g/mol. The van der Waals surface area contributed by atoms with E-state index < -0.39 is 16.1 Å². The van der Waals surface area contributed by atoms with E-state index in [1.54, 1.807) is 23.9 Å². The molecule has 0 radical (unpaired) electrons. The largest absolute Gasteiger partial charge is 0.345 e. The van der Waals surface area contributed by atoms with Gasteiger partial charge in [0.25, 0.3) is 5.91 Å². The zero-order chi connectivity index (χ0) is 23.0. The molecule has 0 bridgehead atoms. The lowest BCUT2D eigenvalue weighted by atomic mass is 9.98. The van der Waals surface area contributed by atoms with Gasteiger partial charge in [-0.2, -0.15) is 5.26 Å². The van der Waals surface area contributed by atoms with Crippen LogP contribution < -0.4 is 14.8 Å². The number of hydrogen-bond acceptors (Lipinski definition) is 3. The predicted molar refractivity (Wildman–Crippen MR) is 123 cm³/mol. The average Bonchev–Trinajstić information content (AvgIpc) is 3.47. The summed E-state index contributed by atoms with van der Waals surface area (Å²) in [4.78, 5) is 13.9. The highest BCUT2D eigenvalue weighted by Gasteiger charge is 2.37. The molecule has 0 saturated heterocycles. The highest BCUT2D eigenvalue weighted by molar-refractivity contribution is 7.99. The molecule has 172 valence electrons. The molecule has 1 aromatic heterocycles. The van der Waals surface area contributed by atoms with Gasteiger partial charge in [-0.25, -0.2) is 13.8 Å². The van der Waals surface area contributed by atoms with Crippen molar-refractivity contribution in [2.75, 3.05) is 5.32 Å². The Morgan fingerprint density at radius 1 is 1.38 bits per heavy atom. The number of hydrogen-bond donors (Lipinski definition) is 4. The molecule has 7 nitrogen and oxygen atoms in total. The molecule has 1 unspecified atom stereocenters. The minimum Gasteiger partial charge on any atom is -0.345 e. The van der Waals surface area contributed by atoms with Crippen LogP contribution in [0.1, 0.15) is 61.1 Å². The number of nitrogens with one attached hydrogen (secondary N) is 3. The third-order valence-electron chi connectivity index (χ3n) is 5.97. The van der Waals surface area contributed by atoms with Crippen molar-refractivity contribution in [3.8, 4) is 6.07 Å². The van der Waals surface area contributed by atoms with Crippen molar-refractivity contribution in [1.82, 2.24) is 14.0 Å². The van der Waals surface area contributed by atoms with Gasteiger partial charge in [0.1, 0.15) is 17.6 Å². The lowest BCUT2D eigenvalue weighted by molar-refractivity contribution is 0.101. The molecular formula is C23H30FN5O2S. The molecule has 1 aliphatic carbocycles. The van der Waals surface area contributed by atoms with Crippen molar-refractivity contribution in [3.63, 3.8) is 0 Å². The number of nitrogens with zero attached hydrogens (tertiary/aromatic N) is 2. The van der Waals surface area contributed by atoms with E-state index in [9.17, 15) is 13.4 Å². The van der Waals surface area contributed by atoms with Gasteiger partial charge in [-0.1, -0.05) is 13.8 Å². The topological polar surface area (TPSA) is 99.0 Å². The molecule has 0 spiro atoms. The van der Waals surface area contributed by atoms with Crippen molar-refractivity contribution in [1.29, 1.82) is 5.26 Å². The van der Waals surface area contributed by atoms with Crippen LogP contribution in [0.25, 0.3) is 0 Å². The number of aromatic nitrogens is 1. The standard InChI is InChI=1S/C23H30FN5O2S/c1-14(2)10-18-6-8-19-21(32(31,28-18)27-16-4-5-16)13-29(3)22(19)23(30)26-17-7-9-20(24)15(11-17)12-25/h7,9,11,13-14,16,18,32H,4-6,8,10H2,1-3H3,(H,26,30)(H2,27,28,31). The summed E-state index contributed by atoms with van der Waals surface area (Å²) in [5.41, 5.74) is 1.43. The number of anilines is 1. The van der Waals surface area contributed by atoms with Crippen LogP contribution in [0.4, 0.5) is 10.1 Å². The summed E-state index contributed by atoms with van der Waals surface area (Å²) in [5.74, 6) is -0.543. The maximum Gasteiger partial charge on any atom is 0.272 e. The number of halogens is 1. The first-order valence-electron chi connectivity index (χ1n) is 11.1. The molecular weight excluding hydrogens is 429 g/mol. The molecule has 3 N–H and O–H groups in total. The zero-order valence-corrected chi connectivity index (χ0v) is 19.5. The van der Waals surface area contributed by atoms with Crippen LogP contribution in [0.2, 0.25) is 0 Å². The SMILES string of the molecule is CC(C)CC1CCc2c(cn(C)c2C(=O)Nc2ccc(F)c(C#N)c2)[SH](=O)(NC2CC2)N1. The van der Waals surface area contributed by atoms with Gasteiger partial charge in [-0.3, -0.25) is 9.00 Å². The van der Waals surface area contributed by atoms with Gasteiger partial charge < -0.3 is 9.88 Å². The second-order valence-corrected chi connectivity index (χ2v) is 11.4. The molecule has 2 aromatic rings. The van der Waals surface area contributed by atoms with E-state index in [1.165, 1.54) is 12.1 Å². The second kappa shape index (κ2) is 8.77. The second-order valence-electron chi connectivity index (χ2n) is 9.22. The number of fused-ring (bicyclic) bond motifs is 1. The Balaban J connectivity index is 1.68. The monoisotopic (exact) mass is 459 g/mol. The van der Waals surface area contributed by atoms with Crippen molar-refractivity contribution in [3.05, 3.63) is 47.0 Å². The van der Waals surface area contributed by atoms with Crippen LogP contribution in [0.5, 0.6) is 0 Å². The van der Waals surface area contributed by atoms with Gasteiger partial charge in [0.05, 0.1) is 10.5 Å². The van der Waals surface area contributed by atoms with Crippen LogP contribution in [0.15, 0.2) is 29.3 Å².